The van der Waals surface area contributed by atoms with Crippen LogP contribution in [-0.4, -0.2) is 29.7 Å². The lowest BCUT2D eigenvalue weighted by Crippen LogP contribution is -2.42. The van der Waals surface area contributed by atoms with E-state index in [1.807, 2.05) is 20.8 Å². The summed E-state index contributed by atoms with van der Waals surface area (Å²) in [7, 11) is 0. The van der Waals surface area contributed by atoms with Gasteiger partial charge in [0.2, 0.25) is 5.88 Å². The summed E-state index contributed by atoms with van der Waals surface area (Å²) in [5.74, 6) is 0.424. The van der Waals surface area contributed by atoms with Gasteiger partial charge >= 0.3 is 0 Å². The highest BCUT2D eigenvalue weighted by atomic mass is 16.5. The van der Waals surface area contributed by atoms with Crippen molar-refractivity contribution in [2.75, 3.05) is 18.5 Å². The number of amides is 1. The standard InChI is InChI=1S/C17H28N2O3/c1-5-8-9-12-17(4,22-7-3)16(20)19-14-10-11-15(18-13-14)21-6-2/h10-11,13H,5-9,12H2,1-4H3,(H,19,20)/t17-/m0/s1. The van der Waals surface area contributed by atoms with E-state index in [1.54, 1.807) is 18.3 Å². The maximum atomic E-state index is 12.5. The first kappa shape index (κ1) is 18.4. The number of anilines is 1. The summed E-state index contributed by atoms with van der Waals surface area (Å²) in [6.07, 6.45) is 5.50. The van der Waals surface area contributed by atoms with Gasteiger partial charge in [0.05, 0.1) is 18.5 Å². The van der Waals surface area contributed by atoms with E-state index in [2.05, 4.69) is 17.2 Å². The molecule has 0 saturated heterocycles. The monoisotopic (exact) mass is 308 g/mol. The van der Waals surface area contributed by atoms with Crippen LogP contribution in [0, 0.1) is 0 Å². The molecule has 1 N–H and O–H groups in total. The Morgan fingerprint density at radius 2 is 2.00 bits per heavy atom. The number of nitrogens with one attached hydrogen (secondary N) is 1. The lowest BCUT2D eigenvalue weighted by molar-refractivity contribution is -0.139. The second kappa shape index (κ2) is 9.41. The number of pyridine rings is 1. The number of carbonyl (C=O) groups is 1. The molecule has 5 nitrogen and oxygen atoms in total. The molecule has 0 fully saturated rings. The topological polar surface area (TPSA) is 60.5 Å². The number of carbonyl (C=O) groups excluding carboxylic acids is 1. The molecule has 0 saturated carbocycles. The highest BCUT2D eigenvalue weighted by Gasteiger charge is 2.33. The van der Waals surface area contributed by atoms with Crippen LogP contribution in [0.5, 0.6) is 5.88 Å². The van der Waals surface area contributed by atoms with Crippen molar-refractivity contribution in [1.82, 2.24) is 4.98 Å². The fourth-order valence-corrected chi connectivity index (χ4v) is 2.23. The van der Waals surface area contributed by atoms with Crippen LogP contribution in [0.2, 0.25) is 0 Å². The average Bonchev–Trinajstić information content (AvgIpc) is 2.50. The summed E-state index contributed by atoms with van der Waals surface area (Å²) in [4.78, 5) is 16.7. The van der Waals surface area contributed by atoms with Crippen molar-refractivity contribution >= 4 is 11.6 Å². The molecular formula is C17H28N2O3. The second-order valence-electron chi connectivity index (χ2n) is 5.39. The van der Waals surface area contributed by atoms with Crippen LogP contribution in [0.15, 0.2) is 18.3 Å². The Hall–Kier alpha value is -1.62. The van der Waals surface area contributed by atoms with Crippen molar-refractivity contribution < 1.29 is 14.3 Å². The summed E-state index contributed by atoms with van der Waals surface area (Å²) in [5.41, 5.74) is -0.155. The van der Waals surface area contributed by atoms with Gasteiger partial charge in [0.1, 0.15) is 5.60 Å². The summed E-state index contributed by atoms with van der Waals surface area (Å²) in [5, 5.41) is 2.88. The normalized spacial score (nSPS) is 13.5. The fourth-order valence-electron chi connectivity index (χ4n) is 2.23. The lowest BCUT2D eigenvalue weighted by atomic mass is 9.96. The van der Waals surface area contributed by atoms with Gasteiger partial charge in [-0.15, -0.1) is 0 Å². The van der Waals surface area contributed by atoms with E-state index >= 15 is 0 Å². The predicted octanol–water partition coefficient (Wildman–Crippen LogP) is 3.79. The molecule has 0 aromatic carbocycles. The SMILES string of the molecule is CCCCC[C@](C)(OCC)C(=O)Nc1ccc(OCC)nc1. The van der Waals surface area contributed by atoms with E-state index in [4.69, 9.17) is 9.47 Å². The molecule has 1 atom stereocenters. The van der Waals surface area contributed by atoms with Crippen molar-refractivity contribution in [3.8, 4) is 5.88 Å². The van der Waals surface area contributed by atoms with Gasteiger partial charge in [-0.3, -0.25) is 4.79 Å². The molecule has 0 aliphatic heterocycles. The zero-order valence-electron chi connectivity index (χ0n) is 14.1. The zero-order valence-corrected chi connectivity index (χ0v) is 14.1. The Labute approximate surface area is 133 Å². The van der Waals surface area contributed by atoms with Crippen molar-refractivity contribution in [3.05, 3.63) is 18.3 Å². The minimum Gasteiger partial charge on any atom is -0.478 e. The van der Waals surface area contributed by atoms with E-state index in [9.17, 15) is 4.79 Å². The second-order valence-corrected chi connectivity index (χ2v) is 5.39. The van der Waals surface area contributed by atoms with Gasteiger partial charge in [-0.2, -0.15) is 0 Å². The summed E-state index contributed by atoms with van der Waals surface area (Å²) < 4.78 is 11.0. The molecule has 0 spiro atoms. The predicted molar refractivity (Wildman–Crippen MR) is 88.2 cm³/mol. The molecular weight excluding hydrogens is 280 g/mol. The Kier molecular flexibility index (Phi) is 7.88. The maximum absolute atomic E-state index is 12.5. The third-order valence-electron chi connectivity index (χ3n) is 3.49. The van der Waals surface area contributed by atoms with Crippen LogP contribution in [-0.2, 0) is 9.53 Å². The average molecular weight is 308 g/mol. The number of ether oxygens (including phenoxy) is 2. The van der Waals surface area contributed by atoms with E-state index < -0.39 is 5.60 Å². The van der Waals surface area contributed by atoms with Crippen LogP contribution >= 0.6 is 0 Å². The minimum atomic E-state index is -0.803. The van der Waals surface area contributed by atoms with E-state index in [-0.39, 0.29) is 5.91 Å². The summed E-state index contributed by atoms with van der Waals surface area (Å²) >= 11 is 0. The minimum absolute atomic E-state index is 0.128. The summed E-state index contributed by atoms with van der Waals surface area (Å²) in [6, 6.07) is 3.53. The molecule has 1 aromatic heterocycles. The zero-order chi connectivity index (χ0) is 16.4. The van der Waals surface area contributed by atoms with Gasteiger partial charge in [0.15, 0.2) is 0 Å². The first-order chi connectivity index (χ1) is 10.6. The molecule has 1 aromatic rings. The highest BCUT2D eigenvalue weighted by molar-refractivity contribution is 5.96. The van der Waals surface area contributed by atoms with Gasteiger partial charge in [-0.05, 0) is 33.3 Å². The highest BCUT2D eigenvalue weighted by Crippen LogP contribution is 2.22. The Morgan fingerprint density at radius 1 is 1.23 bits per heavy atom. The van der Waals surface area contributed by atoms with Gasteiger partial charge in [0.25, 0.3) is 5.91 Å². The van der Waals surface area contributed by atoms with Crippen molar-refractivity contribution in [3.63, 3.8) is 0 Å². The molecule has 1 amide bonds. The van der Waals surface area contributed by atoms with Crippen molar-refractivity contribution in [2.45, 2.75) is 59.0 Å². The Morgan fingerprint density at radius 3 is 2.55 bits per heavy atom. The molecule has 0 aliphatic rings. The van der Waals surface area contributed by atoms with Gasteiger partial charge in [-0.1, -0.05) is 26.2 Å². The first-order valence-corrected chi connectivity index (χ1v) is 8.10. The van der Waals surface area contributed by atoms with E-state index in [0.717, 1.165) is 19.3 Å². The van der Waals surface area contributed by atoms with Crippen LogP contribution in [0.1, 0.15) is 53.4 Å². The molecule has 1 rings (SSSR count). The largest absolute Gasteiger partial charge is 0.478 e. The molecule has 124 valence electrons. The maximum Gasteiger partial charge on any atom is 0.256 e. The number of rotatable bonds is 10. The number of hydrogen-bond acceptors (Lipinski definition) is 4. The molecule has 0 unspecified atom stereocenters. The molecule has 0 bridgehead atoms. The first-order valence-electron chi connectivity index (χ1n) is 8.10. The number of unbranched alkanes of at least 4 members (excludes halogenated alkanes) is 2. The van der Waals surface area contributed by atoms with Crippen molar-refractivity contribution in [2.24, 2.45) is 0 Å². The number of aromatic nitrogens is 1. The quantitative estimate of drug-likeness (QED) is 0.668. The molecule has 1 heterocycles. The van der Waals surface area contributed by atoms with Crippen LogP contribution in [0.3, 0.4) is 0 Å². The third-order valence-corrected chi connectivity index (χ3v) is 3.49. The number of nitrogens with zero attached hydrogens (tertiary/aromatic N) is 1. The molecule has 22 heavy (non-hydrogen) atoms. The van der Waals surface area contributed by atoms with Crippen LogP contribution in [0.25, 0.3) is 0 Å². The molecule has 5 heteroatoms. The van der Waals surface area contributed by atoms with Crippen LogP contribution < -0.4 is 10.1 Å². The van der Waals surface area contributed by atoms with E-state index in [0.29, 0.717) is 31.2 Å². The smallest absolute Gasteiger partial charge is 0.256 e. The molecule has 0 radical (unpaired) electrons. The van der Waals surface area contributed by atoms with Gasteiger partial charge in [0, 0.05) is 12.7 Å². The van der Waals surface area contributed by atoms with E-state index in [1.165, 1.54) is 0 Å². The lowest BCUT2D eigenvalue weighted by Gasteiger charge is -2.28. The number of hydrogen-bond donors (Lipinski definition) is 1. The van der Waals surface area contributed by atoms with Gasteiger partial charge in [-0.25, -0.2) is 4.98 Å². The Bertz CT molecular complexity index is 448. The Balaban J connectivity index is 2.68. The molecule has 0 aliphatic carbocycles. The third kappa shape index (κ3) is 5.64. The fraction of sp³-hybridized carbons (Fsp3) is 0.647. The van der Waals surface area contributed by atoms with Gasteiger partial charge < -0.3 is 14.8 Å². The summed E-state index contributed by atoms with van der Waals surface area (Å²) in [6.45, 7) is 8.88. The van der Waals surface area contributed by atoms with Crippen molar-refractivity contribution in [1.29, 1.82) is 0 Å². The van der Waals surface area contributed by atoms with Crippen LogP contribution in [0.4, 0.5) is 5.69 Å².